The van der Waals surface area contributed by atoms with Gasteiger partial charge in [0.1, 0.15) is 6.61 Å². The summed E-state index contributed by atoms with van der Waals surface area (Å²) in [5.74, 6) is -1.10. The number of aromatic nitrogens is 2. The van der Waals surface area contributed by atoms with Crippen molar-refractivity contribution >= 4 is 53.6 Å². The Morgan fingerprint density at radius 3 is 2.55 bits per heavy atom. The van der Waals surface area contributed by atoms with E-state index in [4.69, 9.17) is 9.16 Å². The standard InChI is InChI=1S/C37H42N4O5Si/c1-23-27(13-10-14-30(23)40-36(44)45-22-24-11-8-7-9-12-24)29-20-38-34(35(42)43)33-32(29)28-16-15-25(19-31(28)39-33)41-18-17-26(21-41)46-47(5,6)37(2,3)4/h7-16,19-20,26,39H,17-18,21-22H2,1-6H3,(H,40,44)(H,42,43). The highest BCUT2D eigenvalue weighted by Crippen LogP contribution is 2.41. The van der Waals surface area contributed by atoms with Gasteiger partial charge in [-0.1, -0.05) is 69.3 Å². The molecule has 3 heterocycles. The molecule has 1 unspecified atom stereocenters. The van der Waals surface area contributed by atoms with Gasteiger partial charge in [-0.2, -0.15) is 0 Å². The number of anilines is 2. The van der Waals surface area contributed by atoms with E-state index >= 15 is 0 Å². The number of H-pyrrole nitrogens is 1. The predicted octanol–water partition coefficient (Wildman–Crippen LogP) is 8.74. The lowest BCUT2D eigenvalue weighted by molar-refractivity contribution is 0.0692. The van der Waals surface area contributed by atoms with Gasteiger partial charge in [0.05, 0.1) is 11.6 Å². The molecule has 3 N–H and O–H groups in total. The second kappa shape index (κ2) is 12.5. The molecule has 1 amide bonds. The monoisotopic (exact) mass is 650 g/mol. The topological polar surface area (TPSA) is 117 Å². The first kappa shape index (κ1) is 32.3. The van der Waals surface area contributed by atoms with Crippen LogP contribution in [0.25, 0.3) is 32.9 Å². The number of aromatic amines is 1. The lowest BCUT2D eigenvalue weighted by atomic mass is 9.96. The van der Waals surface area contributed by atoms with Crippen LogP contribution in [0.4, 0.5) is 16.2 Å². The van der Waals surface area contributed by atoms with Crippen LogP contribution in [-0.4, -0.2) is 54.6 Å². The Labute approximate surface area is 276 Å². The van der Waals surface area contributed by atoms with Gasteiger partial charge in [0.2, 0.25) is 0 Å². The van der Waals surface area contributed by atoms with Crippen molar-refractivity contribution in [3.63, 3.8) is 0 Å². The van der Waals surface area contributed by atoms with Crippen LogP contribution in [0.2, 0.25) is 18.1 Å². The maximum atomic E-state index is 12.7. The van der Waals surface area contributed by atoms with Crippen LogP contribution >= 0.6 is 0 Å². The molecule has 0 saturated carbocycles. The number of pyridine rings is 1. The number of nitrogens with zero attached hydrogens (tertiary/aromatic N) is 2. The lowest BCUT2D eigenvalue weighted by Crippen LogP contribution is -2.44. The molecular weight excluding hydrogens is 609 g/mol. The van der Waals surface area contributed by atoms with E-state index in [1.165, 1.54) is 0 Å². The molecule has 2 aromatic heterocycles. The normalized spacial score (nSPS) is 15.4. The first-order valence-electron chi connectivity index (χ1n) is 16.0. The highest BCUT2D eigenvalue weighted by molar-refractivity contribution is 6.74. The summed E-state index contributed by atoms with van der Waals surface area (Å²) in [4.78, 5) is 35.1. The van der Waals surface area contributed by atoms with Gasteiger partial charge in [-0.3, -0.25) is 5.32 Å². The zero-order valence-electron chi connectivity index (χ0n) is 27.8. The molecule has 47 heavy (non-hydrogen) atoms. The predicted molar refractivity (Wildman–Crippen MR) is 190 cm³/mol. The minimum Gasteiger partial charge on any atom is -0.476 e. The lowest BCUT2D eigenvalue weighted by Gasteiger charge is -2.38. The van der Waals surface area contributed by atoms with Crippen LogP contribution in [0.5, 0.6) is 0 Å². The Morgan fingerprint density at radius 1 is 1.06 bits per heavy atom. The number of carbonyl (C=O) groups is 2. The zero-order chi connectivity index (χ0) is 33.5. The molecule has 1 fully saturated rings. The Bertz CT molecular complexity index is 1970. The quantitative estimate of drug-likeness (QED) is 0.144. The number of nitrogens with one attached hydrogen (secondary N) is 2. The Kier molecular flexibility index (Phi) is 8.58. The van der Waals surface area contributed by atoms with Crippen molar-refractivity contribution < 1.29 is 23.9 Å². The number of benzene rings is 3. The molecule has 1 aliphatic heterocycles. The summed E-state index contributed by atoms with van der Waals surface area (Å²) < 4.78 is 12.2. The van der Waals surface area contributed by atoms with E-state index in [0.29, 0.717) is 11.2 Å². The van der Waals surface area contributed by atoms with Crippen molar-refractivity contribution in [1.29, 1.82) is 0 Å². The van der Waals surface area contributed by atoms with Crippen molar-refractivity contribution in [3.8, 4) is 11.1 Å². The highest BCUT2D eigenvalue weighted by atomic mass is 28.4. The fourth-order valence-electron chi connectivity index (χ4n) is 6.05. The summed E-state index contributed by atoms with van der Waals surface area (Å²) in [6.07, 6.45) is 2.20. The average Bonchev–Trinajstić information content (AvgIpc) is 3.65. The van der Waals surface area contributed by atoms with Gasteiger partial charge < -0.3 is 24.2 Å². The Hall–Kier alpha value is -4.67. The molecular formula is C37H42N4O5Si. The number of amides is 1. The number of hydrogen-bond donors (Lipinski definition) is 3. The summed E-state index contributed by atoms with van der Waals surface area (Å²) in [5, 5.41) is 14.7. The van der Waals surface area contributed by atoms with Crippen LogP contribution < -0.4 is 10.2 Å². The summed E-state index contributed by atoms with van der Waals surface area (Å²) in [5.41, 5.74) is 6.22. The summed E-state index contributed by atoms with van der Waals surface area (Å²) in [6, 6.07) is 21.4. The van der Waals surface area contributed by atoms with E-state index in [-0.39, 0.29) is 23.4 Å². The van der Waals surface area contributed by atoms with Gasteiger partial charge in [-0.25, -0.2) is 14.6 Å². The van der Waals surface area contributed by atoms with E-state index in [2.05, 4.69) is 72.2 Å². The molecule has 1 atom stereocenters. The minimum absolute atomic E-state index is 0.0399. The molecule has 5 aromatic rings. The van der Waals surface area contributed by atoms with E-state index < -0.39 is 20.4 Å². The fraction of sp³-hybridized carbons (Fsp3) is 0.324. The molecule has 1 aliphatic rings. The van der Waals surface area contributed by atoms with Crippen LogP contribution in [0.15, 0.2) is 72.9 Å². The van der Waals surface area contributed by atoms with Crippen LogP contribution in [0.1, 0.15) is 48.8 Å². The van der Waals surface area contributed by atoms with E-state index in [1.54, 1.807) is 6.20 Å². The summed E-state index contributed by atoms with van der Waals surface area (Å²) in [7, 11) is -1.88. The molecule has 0 aliphatic carbocycles. The highest BCUT2D eigenvalue weighted by Gasteiger charge is 2.40. The third-order valence-electron chi connectivity index (χ3n) is 9.66. The third-order valence-corrected chi connectivity index (χ3v) is 14.2. The maximum absolute atomic E-state index is 12.7. The van der Waals surface area contributed by atoms with Crippen LogP contribution in [0, 0.1) is 6.92 Å². The SMILES string of the molecule is Cc1c(NC(=O)OCc2ccccc2)cccc1-c1cnc(C(=O)O)c2[nH]c3cc(N4CCC(O[Si](C)(C)C(C)(C)C)C4)ccc3c12. The molecule has 0 bridgehead atoms. The Morgan fingerprint density at radius 2 is 1.83 bits per heavy atom. The van der Waals surface area contributed by atoms with E-state index in [0.717, 1.165) is 63.7 Å². The zero-order valence-corrected chi connectivity index (χ0v) is 28.8. The summed E-state index contributed by atoms with van der Waals surface area (Å²) in [6.45, 7) is 15.2. The van der Waals surface area contributed by atoms with Crippen LogP contribution in [-0.2, 0) is 15.8 Å². The van der Waals surface area contributed by atoms with Gasteiger partial charge in [0, 0.05) is 52.5 Å². The molecule has 6 rings (SSSR count). The molecule has 0 spiro atoms. The van der Waals surface area contributed by atoms with Crippen molar-refractivity contribution in [2.75, 3.05) is 23.3 Å². The van der Waals surface area contributed by atoms with Gasteiger partial charge in [0.25, 0.3) is 0 Å². The number of carbonyl (C=O) groups excluding carboxylic acids is 1. The molecule has 244 valence electrons. The van der Waals surface area contributed by atoms with Gasteiger partial charge in [-0.15, -0.1) is 0 Å². The summed E-state index contributed by atoms with van der Waals surface area (Å²) >= 11 is 0. The fourth-order valence-corrected chi connectivity index (χ4v) is 7.43. The molecule has 3 aromatic carbocycles. The largest absolute Gasteiger partial charge is 0.476 e. The van der Waals surface area contributed by atoms with Crippen molar-refractivity contribution in [1.82, 2.24) is 9.97 Å². The van der Waals surface area contributed by atoms with E-state index in [9.17, 15) is 14.7 Å². The number of aromatic carboxylic acids is 1. The molecule has 9 nitrogen and oxygen atoms in total. The first-order chi connectivity index (χ1) is 22.3. The van der Waals surface area contributed by atoms with Gasteiger partial charge in [0.15, 0.2) is 14.0 Å². The minimum atomic E-state index is -1.88. The second-order valence-electron chi connectivity index (χ2n) is 13.8. The van der Waals surface area contributed by atoms with Crippen molar-refractivity contribution in [2.24, 2.45) is 0 Å². The van der Waals surface area contributed by atoms with Crippen molar-refractivity contribution in [2.45, 2.75) is 65.0 Å². The maximum Gasteiger partial charge on any atom is 0.411 e. The second-order valence-corrected chi connectivity index (χ2v) is 18.6. The van der Waals surface area contributed by atoms with Crippen molar-refractivity contribution in [3.05, 3.63) is 89.7 Å². The first-order valence-corrected chi connectivity index (χ1v) is 18.9. The van der Waals surface area contributed by atoms with Gasteiger partial charge in [-0.05, 0) is 66.4 Å². The molecule has 10 heteroatoms. The number of fused-ring (bicyclic) bond motifs is 3. The molecule has 0 radical (unpaired) electrons. The number of carboxylic acids is 1. The van der Waals surface area contributed by atoms with Gasteiger partial charge >= 0.3 is 12.1 Å². The van der Waals surface area contributed by atoms with Crippen LogP contribution in [0.3, 0.4) is 0 Å². The average molecular weight is 651 g/mol. The third kappa shape index (κ3) is 6.48. The Balaban J connectivity index is 1.31. The number of rotatable bonds is 8. The number of ether oxygens (including phenoxy) is 1. The van der Waals surface area contributed by atoms with E-state index in [1.807, 2.05) is 55.5 Å². The number of carboxylic acid groups (broad SMARTS) is 1. The molecule has 1 saturated heterocycles. The number of hydrogen-bond acceptors (Lipinski definition) is 6. The smallest absolute Gasteiger partial charge is 0.411 e.